The molecule has 1 fully saturated rings. The molecule has 10 heteroatoms. The molecule has 2 aliphatic heterocycles. The summed E-state index contributed by atoms with van der Waals surface area (Å²) in [5.41, 5.74) is 3.57. The molecule has 2 aromatic heterocycles. The van der Waals surface area contributed by atoms with Crippen molar-refractivity contribution in [2.75, 3.05) is 40.5 Å². The number of rotatable bonds is 7. The van der Waals surface area contributed by atoms with Crippen molar-refractivity contribution >= 4 is 20.9 Å². The number of hydrogen-bond donors (Lipinski definition) is 2. The van der Waals surface area contributed by atoms with Crippen LogP contribution in [0.15, 0.2) is 71.9 Å². The molecule has 1 saturated heterocycles. The minimum absolute atomic E-state index is 0.0635. The van der Waals surface area contributed by atoms with Crippen LogP contribution in [0.2, 0.25) is 0 Å². The molecule has 0 saturated carbocycles. The molecule has 0 amide bonds. The van der Waals surface area contributed by atoms with Gasteiger partial charge in [0.05, 0.1) is 31.8 Å². The molecule has 2 N–H and O–H groups in total. The van der Waals surface area contributed by atoms with Crippen molar-refractivity contribution in [3.8, 4) is 11.5 Å². The largest absolute Gasteiger partial charge is 0.497 e. The monoisotopic (exact) mass is 534 g/mol. The number of H-pyrrole nitrogens is 1. The first-order chi connectivity index (χ1) is 18.4. The van der Waals surface area contributed by atoms with Gasteiger partial charge in [-0.3, -0.25) is 9.88 Å². The van der Waals surface area contributed by atoms with Gasteiger partial charge in [-0.1, -0.05) is 0 Å². The molecule has 0 radical (unpaired) electrons. The number of nitrogens with zero attached hydrogens (tertiary/aromatic N) is 3. The smallest absolute Gasteiger partial charge is 0.243 e. The summed E-state index contributed by atoms with van der Waals surface area (Å²) in [4.78, 5) is 10.2. The van der Waals surface area contributed by atoms with Crippen LogP contribution in [0.4, 0.5) is 0 Å². The molecule has 0 aliphatic carbocycles. The molecule has 2 aromatic carbocycles. The standard InChI is InChI=1S/C28H30N4O5S/c1-36-20-3-6-22(7-4-20)38(34,35)32-17-28(18-32)16-31(14-19-9-11-29-12-10-19)25(15-33)27-26(28)23-8-5-21(37-2)13-24(23)30-27/h3-13,25,30,33H,14-18H2,1-2H3/t25-/m0/s1. The van der Waals surface area contributed by atoms with Gasteiger partial charge in [-0.2, -0.15) is 4.31 Å². The van der Waals surface area contributed by atoms with E-state index in [9.17, 15) is 13.5 Å². The van der Waals surface area contributed by atoms with E-state index in [1.807, 2.05) is 30.3 Å². The van der Waals surface area contributed by atoms with E-state index in [2.05, 4.69) is 14.9 Å². The lowest BCUT2D eigenvalue weighted by Gasteiger charge is -2.55. The number of hydrogen-bond acceptors (Lipinski definition) is 7. The maximum Gasteiger partial charge on any atom is 0.243 e. The number of aromatic amines is 1. The Morgan fingerprint density at radius 3 is 2.34 bits per heavy atom. The van der Waals surface area contributed by atoms with Gasteiger partial charge in [0.25, 0.3) is 0 Å². The van der Waals surface area contributed by atoms with Crippen LogP contribution >= 0.6 is 0 Å². The van der Waals surface area contributed by atoms with E-state index in [1.54, 1.807) is 55.2 Å². The van der Waals surface area contributed by atoms with Crippen LogP contribution in [0.1, 0.15) is 22.9 Å². The van der Waals surface area contributed by atoms with Gasteiger partial charge in [-0.15, -0.1) is 0 Å². The second kappa shape index (κ2) is 9.39. The Balaban J connectivity index is 1.41. The van der Waals surface area contributed by atoms with Crippen LogP contribution in [-0.4, -0.2) is 73.2 Å². The third-order valence-electron chi connectivity index (χ3n) is 7.81. The van der Waals surface area contributed by atoms with Crippen molar-refractivity contribution in [2.45, 2.75) is 22.9 Å². The van der Waals surface area contributed by atoms with Crippen molar-refractivity contribution in [1.29, 1.82) is 0 Å². The predicted octanol–water partition coefficient (Wildman–Crippen LogP) is 3.07. The number of ether oxygens (including phenoxy) is 2. The molecular weight excluding hydrogens is 504 g/mol. The second-order valence-corrected chi connectivity index (χ2v) is 12.0. The summed E-state index contributed by atoms with van der Waals surface area (Å²) in [6.07, 6.45) is 3.52. The Kier molecular flexibility index (Phi) is 6.14. The highest BCUT2D eigenvalue weighted by molar-refractivity contribution is 7.89. The van der Waals surface area contributed by atoms with E-state index < -0.39 is 15.4 Å². The van der Waals surface area contributed by atoms with Gasteiger partial charge in [0.1, 0.15) is 11.5 Å². The Bertz CT molecular complexity index is 1560. The predicted molar refractivity (Wildman–Crippen MR) is 143 cm³/mol. The minimum atomic E-state index is -3.68. The third kappa shape index (κ3) is 3.95. The van der Waals surface area contributed by atoms with Crippen molar-refractivity contribution in [2.24, 2.45) is 0 Å². The number of fused-ring (bicyclic) bond motifs is 4. The molecule has 0 unspecified atom stereocenters. The molecule has 4 heterocycles. The topological polar surface area (TPSA) is 108 Å². The van der Waals surface area contributed by atoms with Crippen molar-refractivity contribution in [1.82, 2.24) is 19.2 Å². The van der Waals surface area contributed by atoms with Crippen LogP contribution in [0.25, 0.3) is 10.9 Å². The van der Waals surface area contributed by atoms with Gasteiger partial charge in [0.2, 0.25) is 10.0 Å². The lowest BCUT2D eigenvalue weighted by atomic mass is 9.70. The lowest BCUT2D eigenvalue weighted by Crippen LogP contribution is -2.67. The first-order valence-corrected chi connectivity index (χ1v) is 13.9. The summed E-state index contributed by atoms with van der Waals surface area (Å²) >= 11 is 0. The maximum absolute atomic E-state index is 13.5. The fraction of sp³-hybridized carbons (Fsp3) is 0.321. The zero-order valence-electron chi connectivity index (χ0n) is 21.3. The number of sulfonamides is 1. The lowest BCUT2D eigenvalue weighted by molar-refractivity contribution is 0.0257. The van der Waals surface area contributed by atoms with Crippen LogP contribution in [-0.2, 0) is 22.0 Å². The number of pyridine rings is 1. The van der Waals surface area contributed by atoms with Crippen molar-refractivity contribution < 1.29 is 23.0 Å². The number of nitrogens with one attached hydrogen (secondary N) is 1. The van der Waals surface area contributed by atoms with E-state index >= 15 is 0 Å². The third-order valence-corrected chi connectivity index (χ3v) is 9.61. The van der Waals surface area contributed by atoms with E-state index in [4.69, 9.17) is 9.47 Å². The quantitative estimate of drug-likeness (QED) is 0.375. The first-order valence-electron chi connectivity index (χ1n) is 12.5. The summed E-state index contributed by atoms with van der Waals surface area (Å²) in [7, 11) is -0.492. The SMILES string of the molecule is COc1ccc(S(=O)(=O)N2CC3(CN(Cc4ccncc4)[C@@H](CO)c4[nH]c5cc(OC)ccc5c43)C2)cc1. The molecule has 2 aliphatic rings. The molecule has 38 heavy (non-hydrogen) atoms. The number of aliphatic hydroxyl groups is 1. The summed E-state index contributed by atoms with van der Waals surface area (Å²) < 4.78 is 39.2. The van der Waals surface area contributed by atoms with Crippen LogP contribution in [0.5, 0.6) is 11.5 Å². The average Bonchev–Trinajstić information content (AvgIpc) is 3.30. The van der Waals surface area contributed by atoms with Gasteiger partial charge in [-0.25, -0.2) is 8.42 Å². The molecule has 9 nitrogen and oxygen atoms in total. The first kappa shape index (κ1) is 24.9. The van der Waals surface area contributed by atoms with Crippen LogP contribution < -0.4 is 9.47 Å². The fourth-order valence-corrected chi connectivity index (χ4v) is 7.57. The molecular formula is C28H30N4O5S. The van der Waals surface area contributed by atoms with E-state index in [0.29, 0.717) is 31.9 Å². The number of benzene rings is 2. The average molecular weight is 535 g/mol. The van der Waals surface area contributed by atoms with E-state index in [-0.39, 0.29) is 17.5 Å². The minimum Gasteiger partial charge on any atom is -0.497 e. The summed E-state index contributed by atoms with van der Waals surface area (Å²) in [6, 6.07) is 16.1. The zero-order chi connectivity index (χ0) is 26.5. The fourth-order valence-electron chi connectivity index (χ4n) is 5.96. The summed E-state index contributed by atoms with van der Waals surface area (Å²) in [5.74, 6) is 1.34. The molecule has 198 valence electrons. The van der Waals surface area contributed by atoms with Crippen molar-refractivity contribution in [3.05, 3.63) is 83.8 Å². The van der Waals surface area contributed by atoms with Gasteiger partial charge in [0.15, 0.2) is 0 Å². The molecule has 6 rings (SSSR count). The highest BCUT2D eigenvalue weighted by atomic mass is 32.2. The van der Waals surface area contributed by atoms with Gasteiger partial charge in [-0.05, 0) is 59.7 Å². The Morgan fingerprint density at radius 1 is 1.00 bits per heavy atom. The van der Waals surface area contributed by atoms with Crippen LogP contribution in [0, 0.1) is 0 Å². The summed E-state index contributed by atoms with van der Waals surface area (Å²) in [5, 5.41) is 11.6. The van der Waals surface area contributed by atoms with Crippen molar-refractivity contribution in [3.63, 3.8) is 0 Å². The molecule has 4 aromatic rings. The Labute approximate surface area is 221 Å². The van der Waals surface area contributed by atoms with Gasteiger partial charge in [0, 0.05) is 66.7 Å². The second-order valence-electron chi connectivity index (χ2n) is 10.0. The van der Waals surface area contributed by atoms with Crippen LogP contribution in [0.3, 0.4) is 0 Å². The van der Waals surface area contributed by atoms with E-state index in [0.717, 1.165) is 33.5 Å². The number of aromatic nitrogens is 2. The van der Waals surface area contributed by atoms with Gasteiger partial charge < -0.3 is 19.6 Å². The van der Waals surface area contributed by atoms with E-state index in [1.165, 1.54) is 0 Å². The Hall–Kier alpha value is -3.44. The highest BCUT2D eigenvalue weighted by Crippen LogP contribution is 2.50. The highest BCUT2D eigenvalue weighted by Gasteiger charge is 2.55. The normalized spacial score (nSPS) is 19.3. The number of aliphatic hydroxyl groups excluding tert-OH is 1. The summed E-state index contributed by atoms with van der Waals surface area (Å²) in [6.45, 7) is 1.85. The molecule has 1 atom stereocenters. The molecule has 0 bridgehead atoms. The number of methoxy groups -OCH3 is 2. The maximum atomic E-state index is 13.5. The van der Waals surface area contributed by atoms with Gasteiger partial charge >= 0.3 is 0 Å². The zero-order valence-corrected chi connectivity index (χ0v) is 22.1. The Morgan fingerprint density at radius 2 is 1.68 bits per heavy atom. The molecule has 1 spiro atoms.